The van der Waals surface area contributed by atoms with Gasteiger partial charge in [-0.1, -0.05) is 61.5 Å². The number of benzene rings is 3. The molecule has 0 aliphatic rings. The van der Waals surface area contributed by atoms with E-state index < -0.39 is 83.6 Å². The summed E-state index contributed by atoms with van der Waals surface area (Å²) in [4.78, 5) is 135. The van der Waals surface area contributed by atoms with Crippen LogP contribution in [0.2, 0.25) is 0 Å². The average Bonchev–Trinajstić information content (AvgIpc) is 1.87. The lowest BCUT2D eigenvalue weighted by Crippen LogP contribution is -2.60. The molecule has 8 amide bonds. The summed E-state index contributed by atoms with van der Waals surface area (Å²) in [7, 11) is 0. The highest BCUT2D eigenvalue weighted by Crippen LogP contribution is 2.23. The Bertz CT molecular complexity index is 3490. The maximum absolute atomic E-state index is 15.1. The Morgan fingerprint density at radius 3 is 1.12 bits per heavy atom. The molecule has 90 heavy (non-hydrogen) atoms. The van der Waals surface area contributed by atoms with Gasteiger partial charge in [-0.2, -0.15) is 0 Å². The molecule has 29 nitrogen and oxygen atoms in total. The highest BCUT2D eigenvalue weighted by atomic mass is 16.2. The second kappa shape index (κ2) is 35.0. The number of carbonyl (C=O) groups is 8. The first kappa shape index (κ1) is 68.9. The minimum Gasteiger partial charge on any atom is -0.370 e. The number of carbonyl (C=O) groups excluding carboxylic acids is 8. The van der Waals surface area contributed by atoms with Crippen molar-refractivity contribution < 1.29 is 38.4 Å². The van der Waals surface area contributed by atoms with Crippen LogP contribution in [0.1, 0.15) is 94.2 Å². The van der Waals surface area contributed by atoms with E-state index in [2.05, 4.69) is 67.1 Å². The number of nitrogens with zero attached hydrogens (tertiary/aromatic N) is 3. The van der Waals surface area contributed by atoms with Crippen LogP contribution in [-0.4, -0.2) is 149 Å². The van der Waals surface area contributed by atoms with Crippen molar-refractivity contribution in [3.8, 4) is 0 Å². The SMILES string of the molecule is CCCC(=O)NCCCC[C@H](N)C(=O)N[C@@H](CCCN=C(N)N)C(=O)N[C@@H](Cc1c[nH]c2ccccc12)C(=O)N[C@@H](CCCN=C(N)N)C(=O)N[C@@H](Cc1c[nH]c2ccccc12)C(=O)N[C@@H](CCCN=C(N)N)C(=O)N[C@@H](Cc1c[nH]c2ccccc12)C(N)=O. The molecule has 0 saturated heterocycles. The van der Waals surface area contributed by atoms with Crippen LogP contribution in [0.15, 0.2) is 106 Å². The molecule has 6 rings (SSSR count). The summed E-state index contributed by atoms with van der Waals surface area (Å²) in [5.74, 6) is -6.14. The number of H-pyrrole nitrogens is 3. The second-order valence-electron chi connectivity index (χ2n) is 22.0. The predicted octanol–water partition coefficient (Wildman–Crippen LogP) is -0.873. The largest absolute Gasteiger partial charge is 0.370 e. The van der Waals surface area contributed by atoms with Crippen LogP contribution in [0.5, 0.6) is 0 Å². The van der Waals surface area contributed by atoms with E-state index in [1.165, 1.54) is 0 Å². The van der Waals surface area contributed by atoms with Gasteiger partial charge in [-0.3, -0.25) is 53.3 Å². The summed E-state index contributed by atoms with van der Waals surface area (Å²) >= 11 is 0. The number of guanidine groups is 3. The number of nitrogens with one attached hydrogen (secondary N) is 10. The van der Waals surface area contributed by atoms with Crippen LogP contribution in [0.4, 0.5) is 0 Å². The van der Waals surface area contributed by atoms with Crippen molar-refractivity contribution >= 4 is 97.8 Å². The Hall–Kier alpha value is -10.2. The number of rotatable bonds is 38. The fourth-order valence-electron chi connectivity index (χ4n) is 10.3. The fraction of sp³-hybridized carbons (Fsp3) is 0.426. The van der Waals surface area contributed by atoms with E-state index in [0.717, 1.165) is 32.7 Å². The van der Waals surface area contributed by atoms with E-state index in [-0.39, 0.29) is 108 Å². The highest BCUT2D eigenvalue weighted by molar-refractivity contribution is 5.98. The first-order chi connectivity index (χ1) is 43.2. The van der Waals surface area contributed by atoms with Crippen molar-refractivity contribution in [1.82, 2.24) is 52.2 Å². The van der Waals surface area contributed by atoms with E-state index in [1.807, 2.05) is 79.7 Å². The zero-order valence-electron chi connectivity index (χ0n) is 50.7. The van der Waals surface area contributed by atoms with Crippen LogP contribution in [0.25, 0.3) is 32.7 Å². The minimum absolute atomic E-state index is 0.0111. The fourth-order valence-corrected chi connectivity index (χ4v) is 10.3. The normalized spacial score (nSPS) is 13.5. The molecule has 0 bridgehead atoms. The number of hydrogen-bond acceptors (Lipinski definition) is 12. The van der Waals surface area contributed by atoms with Crippen LogP contribution in [0, 0.1) is 0 Å². The van der Waals surface area contributed by atoms with Crippen molar-refractivity contribution in [2.75, 3.05) is 26.2 Å². The predicted molar refractivity (Wildman–Crippen MR) is 346 cm³/mol. The minimum atomic E-state index is -1.44. The third-order valence-corrected chi connectivity index (χ3v) is 15.0. The van der Waals surface area contributed by atoms with E-state index in [9.17, 15) is 24.0 Å². The molecule has 3 aromatic carbocycles. The molecule has 3 aromatic heterocycles. The van der Waals surface area contributed by atoms with Crippen LogP contribution in [0.3, 0.4) is 0 Å². The van der Waals surface area contributed by atoms with Crippen molar-refractivity contribution in [1.29, 1.82) is 0 Å². The number of fused-ring (bicyclic) bond motifs is 3. The second-order valence-corrected chi connectivity index (χ2v) is 22.0. The van der Waals surface area contributed by atoms with Gasteiger partial charge in [-0.25, -0.2) is 0 Å². The number of aromatic amines is 3. The lowest BCUT2D eigenvalue weighted by molar-refractivity contribution is -0.135. The van der Waals surface area contributed by atoms with Gasteiger partial charge < -0.3 is 98.0 Å². The van der Waals surface area contributed by atoms with Gasteiger partial charge in [0.05, 0.1) is 6.04 Å². The summed E-state index contributed by atoms with van der Waals surface area (Å²) in [5.41, 5.74) is 50.2. The maximum atomic E-state index is 15.1. The van der Waals surface area contributed by atoms with Crippen LogP contribution < -0.4 is 83.1 Å². The van der Waals surface area contributed by atoms with Crippen molar-refractivity contribution in [3.05, 3.63) is 108 Å². The van der Waals surface area contributed by atoms with Crippen molar-refractivity contribution in [2.24, 2.45) is 60.8 Å². The Morgan fingerprint density at radius 1 is 0.422 bits per heavy atom. The molecule has 0 aliphatic heterocycles. The van der Waals surface area contributed by atoms with Crippen molar-refractivity contribution in [3.63, 3.8) is 0 Å². The number of aromatic nitrogens is 3. The lowest BCUT2D eigenvalue weighted by atomic mass is 10.0. The van der Waals surface area contributed by atoms with Gasteiger partial charge in [0.15, 0.2) is 17.9 Å². The molecule has 0 radical (unpaired) electrons. The van der Waals surface area contributed by atoms with Gasteiger partial charge >= 0.3 is 0 Å². The average molecular weight is 1240 g/mol. The first-order valence-corrected chi connectivity index (χ1v) is 30.2. The lowest BCUT2D eigenvalue weighted by Gasteiger charge is -2.28. The van der Waals surface area contributed by atoms with Gasteiger partial charge in [0.2, 0.25) is 47.3 Å². The molecule has 29 heteroatoms. The van der Waals surface area contributed by atoms with Crippen LogP contribution >= 0.6 is 0 Å². The number of hydrogen-bond donors (Lipinski definition) is 18. The number of amides is 8. The summed E-state index contributed by atoms with van der Waals surface area (Å²) in [5, 5.41) is 21.9. The topological polar surface area (TPSA) is 513 Å². The van der Waals surface area contributed by atoms with Crippen molar-refractivity contribution in [2.45, 2.75) is 139 Å². The van der Waals surface area contributed by atoms with Gasteiger partial charge in [-0.05, 0) is 99.1 Å². The third kappa shape index (κ3) is 21.6. The van der Waals surface area contributed by atoms with E-state index >= 15 is 14.4 Å². The number of unbranched alkanes of at least 4 members (excludes halogenated alkanes) is 1. The molecule has 0 saturated carbocycles. The molecule has 484 valence electrons. The van der Waals surface area contributed by atoms with Gasteiger partial charge in [-0.15, -0.1) is 0 Å². The molecule has 0 fully saturated rings. The zero-order valence-corrected chi connectivity index (χ0v) is 50.7. The summed E-state index contributed by atoms with van der Waals surface area (Å²) in [6.45, 7) is 2.51. The molecule has 6 aromatic rings. The number of nitrogens with two attached hydrogens (primary N) is 8. The number of primary amides is 1. The van der Waals surface area contributed by atoms with Gasteiger partial charge in [0, 0.05) is 103 Å². The zero-order chi connectivity index (χ0) is 65.1. The third-order valence-electron chi connectivity index (χ3n) is 15.0. The Labute approximate surface area is 520 Å². The summed E-state index contributed by atoms with van der Waals surface area (Å²) in [6, 6.07) is 12.9. The van der Waals surface area contributed by atoms with E-state index in [4.69, 9.17) is 45.9 Å². The monoisotopic (exact) mass is 1240 g/mol. The Kier molecular flexibility index (Phi) is 26.8. The summed E-state index contributed by atoms with van der Waals surface area (Å²) < 4.78 is 0. The molecule has 0 spiro atoms. The Balaban J connectivity index is 1.30. The standard InChI is InChI=1S/C61H87N21O8/c1-2-14-51(83)70-25-10-9-18-41(62)53(85)77-45(22-11-26-71-59(64)65)55(87)81-49(30-36-33-75-43-20-7-4-16-39(36)43)58(90)79-47(24-13-28-73-61(68)69)56(88)82-50(31-37-34-76-44-21-8-5-17-40(37)44)57(89)78-46(23-12-27-72-60(66)67)54(86)80-48(52(63)84)29-35-32-74-42-19-6-3-15-38(35)42/h3-8,15-17,19-21,32-34,41,45-50,74-76H,2,9-14,18,22-31,62H2,1H3,(H2,63,84)(H,70,83)(H,77,85)(H,78,89)(H,79,90)(H,80,86)(H,81,87)(H,82,88)(H4,64,65,71)(H4,66,67,72)(H4,68,69,73)/t41-,45-,46-,47-,48-,49-,50-/m0/s1. The van der Waals surface area contributed by atoms with Gasteiger partial charge in [0.1, 0.15) is 36.3 Å². The van der Waals surface area contributed by atoms with Crippen LogP contribution in [-0.2, 0) is 57.6 Å². The molecule has 0 aliphatic carbocycles. The molecule has 26 N–H and O–H groups in total. The summed E-state index contributed by atoms with van der Waals surface area (Å²) in [6.07, 6.45) is 7.65. The smallest absolute Gasteiger partial charge is 0.243 e. The Morgan fingerprint density at radius 2 is 0.756 bits per heavy atom. The highest BCUT2D eigenvalue weighted by Gasteiger charge is 2.35. The number of aliphatic imine (C=N–C) groups is 3. The molecular weight excluding hydrogens is 1150 g/mol. The number of para-hydroxylation sites is 3. The molecule has 7 atom stereocenters. The molecule has 3 heterocycles. The van der Waals surface area contributed by atoms with Gasteiger partial charge in [0.25, 0.3) is 0 Å². The maximum Gasteiger partial charge on any atom is 0.243 e. The van der Waals surface area contributed by atoms with E-state index in [1.54, 1.807) is 18.6 Å². The molecule has 0 unspecified atom stereocenters. The molecular formula is C61H87N21O8. The quantitative estimate of drug-likeness (QED) is 0.0127. The first-order valence-electron chi connectivity index (χ1n) is 30.2. The van der Waals surface area contributed by atoms with E-state index in [0.29, 0.717) is 48.9 Å².